The number of anilines is 4. The Bertz CT molecular complexity index is 1220. The summed E-state index contributed by atoms with van der Waals surface area (Å²) in [6.45, 7) is 6.90. The zero-order valence-electron chi connectivity index (χ0n) is 21.5. The first-order valence-corrected chi connectivity index (χ1v) is 12.9. The minimum absolute atomic E-state index is 0.0932. The van der Waals surface area contributed by atoms with E-state index in [1.165, 1.54) is 0 Å². The van der Waals surface area contributed by atoms with Gasteiger partial charge in [0.05, 0.1) is 32.5 Å². The smallest absolute Gasteiger partial charge is 0.323 e. The van der Waals surface area contributed by atoms with Gasteiger partial charge in [0, 0.05) is 43.2 Å². The average Bonchev–Trinajstić information content (AvgIpc) is 2.95. The fourth-order valence-electron chi connectivity index (χ4n) is 4.42. The Kier molecular flexibility index (Phi) is 8.27. The zero-order chi connectivity index (χ0) is 26.3. The SMILES string of the molecule is C[C@H]1COCCN1c1nc(-c2ccc(NC(=O)Nc3ccc(CCO)cc3)cc2)nc(N2CCOCC2)n1. The van der Waals surface area contributed by atoms with Gasteiger partial charge in [0.2, 0.25) is 11.9 Å². The highest BCUT2D eigenvalue weighted by Gasteiger charge is 2.25. The predicted molar refractivity (Wildman–Crippen MR) is 146 cm³/mol. The molecule has 2 saturated heterocycles. The van der Waals surface area contributed by atoms with Crippen molar-refractivity contribution in [2.24, 2.45) is 0 Å². The summed E-state index contributed by atoms with van der Waals surface area (Å²) < 4.78 is 11.1. The molecular weight excluding hydrogens is 486 g/mol. The van der Waals surface area contributed by atoms with E-state index in [0.717, 1.165) is 30.8 Å². The summed E-state index contributed by atoms with van der Waals surface area (Å²) in [7, 11) is 0. The molecule has 3 heterocycles. The van der Waals surface area contributed by atoms with Crippen LogP contribution >= 0.6 is 0 Å². The van der Waals surface area contributed by atoms with Crippen molar-refractivity contribution in [2.45, 2.75) is 19.4 Å². The van der Waals surface area contributed by atoms with Crippen molar-refractivity contribution in [3.63, 3.8) is 0 Å². The van der Waals surface area contributed by atoms with Gasteiger partial charge in [0.15, 0.2) is 5.82 Å². The number of urea groups is 1. The molecular formula is C27H33N7O4. The maximum absolute atomic E-state index is 12.5. The summed E-state index contributed by atoms with van der Waals surface area (Å²) >= 11 is 0. The number of nitrogens with zero attached hydrogens (tertiary/aromatic N) is 5. The van der Waals surface area contributed by atoms with Crippen LogP contribution in [0.15, 0.2) is 48.5 Å². The maximum Gasteiger partial charge on any atom is 0.323 e. The molecule has 2 aromatic carbocycles. The van der Waals surface area contributed by atoms with Gasteiger partial charge in [-0.25, -0.2) is 4.79 Å². The molecule has 0 saturated carbocycles. The number of hydrogen-bond donors (Lipinski definition) is 3. The van der Waals surface area contributed by atoms with Crippen molar-refractivity contribution in [1.82, 2.24) is 15.0 Å². The quantitative estimate of drug-likeness (QED) is 0.432. The molecule has 5 rings (SSSR count). The monoisotopic (exact) mass is 519 g/mol. The fourth-order valence-corrected chi connectivity index (χ4v) is 4.42. The van der Waals surface area contributed by atoms with E-state index in [1.54, 1.807) is 0 Å². The van der Waals surface area contributed by atoms with Crippen LogP contribution in [0.3, 0.4) is 0 Å². The molecule has 0 aliphatic carbocycles. The Balaban J connectivity index is 1.32. The lowest BCUT2D eigenvalue weighted by molar-refractivity contribution is 0.0980. The molecule has 200 valence electrons. The normalized spacial score (nSPS) is 17.8. The van der Waals surface area contributed by atoms with Crippen LogP contribution in [-0.4, -0.2) is 84.8 Å². The van der Waals surface area contributed by atoms with Gasteiger partial charge >= 0.3 is 6.03 Å². The first-order valence-electron chi connectivity index (χ1n) is 12.9. The van der Waals surface area contributed by atoms with Gasteiger partial charge in [-0.15, -0.1) is 0 Å². The van der Waals surface area contributed by atoms with Crippen LogP contribution in [0.25, 0.3) is 11.4 Å². The Morgan fingerprint density at radius 2 is 1.53 bits per heavy atom. The van der Waals surface area contributed by atoms with Crippen LogP contribution in [-0.2, 0) is 15.9 Å². The molecule has 3 aromatic rings. The van der Waals surface area contributed by atoms with Crippen LogP contribution < -0.4 is 20.4 Å². The molecule has 1 atom stereocenters. The number of hydrogen-bond acceptors (Lipinski definition) is 9. The zero-order valence-corrected chi connectivity index (χ0v) is 21.5. The van der Waals surface area contributed by atoms with Crippen molar-refractivity contribution in [2.75, 3.05) is 73.1 Å². The van der Waals surface area contributed by atoms with E-state index in [0.29, 0.717) is 61.9 Å². The standard InChI is InChI=1S/C27H33N7O4/c1-19-18-38-17-13-34(19)26-31-24(30-25(32-26)33-11-15-37-16-12-33)21-4-8-23(9-5-21)29-27(36)28-22-6-2-20(3-7-22)10-14-35/h2-9,19,35H,10-18H2,1H3,(H2,28,29,36)/t19-/m0/s1. The Morgan fingerprint density at radius 1 is 0.895 bits per heavy atom. The molecule has 2 fully saturated rings. The first-order chi connectivity index (χ1) is 18.6. The number of benzene rings is 2. The van der Waals surface area contributed by atoms with Crippen molar-refractivity contribution in [3.05, 3.63) is 54.1 Å². The molecule has 1 aromatic heterocycles. The molecule has 0 bridgehead atoms. The number of aliphatic hydroxyl groups is 1. The summed E-state index contributed by atoms with van der Waals surface area (Å²) in [6.07, 6.45) is 0.584. The summed E-state index contributed by atoms with van der Waals surface area (Å²) in [5.41, 5.74) is 3.16. The molecule has 38 heavy (non-hydrogen) atoms. The molecule has 0 spiro atoms. The van der Waals surface area contributed by atoms with Gasteiger partial charge in [0.1, 0.15) is 0 Å². The lowest BCUT2D eigenvalue weighted by Gasteiger charge is -2.34. The second-order valence-corrected chi connectivity index (χ2v) is 9.30. The lowest BCUT2D eigenvalue weighted by Crippen LogP contribution is -2.45. The minimum atomic E-state index is -0.342. The predicted octanol–water partition coefficient (Wildman–Crippen LogP) is 2.78. The highest BCUT2D eigenvalue weighted by atomic mass is 16.5. The Morgan fingerprint density at radius 3 is 2.18 bits per heavy atom. The number of carbonyl (C=O) groups is 1. The van der Waals surface area contributed by atoms with Gasteiger partial charge in [-0.2, -0.15) is 15.0 Å². The van der Waals surface area contributed by atoms with Gasteiger partial charge < -0.3 is 35.0 Å². The number of aromatic nitrogens is 3. The fraction of sp³-hybridized carbons (Fsp3) is 0.407. The van der Waals surface area contributed by atoms with Gasteiger partial charge in [-0.1, -0.05) is 12.1 Å². The van der Waals surface area contributed by atoms with Crippen LogP contribution in [0.4, 0.5) is 28.1 Å². The van der Waals surface area contributed by atoms with Crippen LogP contribution in [0, 0.1) is 0 Å². The average molecular weight is 520 g/mol. The molecule has 2 amide bonds. The first kappa shape index (κ1) is 25.8. The van der Waals surface area contributed by atoms with E-state index in [4.69, 9.17) is 29.5 Å². The van der Waals surface area contributed by atoms with E-state index >= 15 is 0 Å². The number of nitrogens with one attached hydrogen (secondary N) is 2. The molecule has 2 aliphatic rings. The highest BCUT2D eigenvalue weighted by Crippen LogP contribution is 2.25. The second kappa shape index (κ2) is 12.2. The number of morpholine rings is 2. The van der Waals surface area contributed by atoms with Crippen molar-refractivity contribution < 1.29 is 19.4 Å². The number of ether oxygens (including phenoxy) is 2. The second-order valence-electron chi connectivity index (χ2n) is 9.30. The van der Waals surface area contributed by atoms with Gasteiger partial charge in [-0.05, 0) is 55.3 Å². The summed E-state index contributed by atoms with van der Waals surface area (Å²) in [6, 6.07) is 14.6. The van der Waals surface area contributed by atoms with Crippen molar-refractivity contribution in [3.8, 4) is 11.4 Å². The van der Waals surface area contributed by atoms with E-state index in [9.17, 15) is 4.79 Å². The maximum atomic E-state index is 12.5. The van der Waals surface area contributed by atoms with Crippen molar-refractivity contribution >= 4 is 29.3 Å². The van der Waals surface area contributed by atoms with E-state index in [1.807, 2.05) is 48.5 Å². The third-order valence-electron chi connectivity index (χ3n) is 6.54. The van der Waals surface area contributed by atoms with Crippen LogP contribution in [0.2, 0.25) is 0 Å². The molecule has 0 radical (unpaired) electrons. The number of aliphatic hydroxyl groups excluding tert-OH is 1. The van der Waals surface area contributed by atoms with Gasteiger partial charge in [-0.3, -0.25) is 0 Å². The van der Waals surface area contributed by atoms with Crippen LogP contribution in [0.1, 0.15) is 12.5 Å². The molecule has 3 N–H and O–H groups in total. The minimum Gasteiger partial charge on any atom is -0.396 e. The summed E-state index contributed by atoms with van der Waals surface area (Å²) in [5, 5.41) is 14.7. The van der Waals surface area contributed by atoms with Gasteiger partial charge in [0.25, 0.3) is 0 Å². The molecule has 11 nitrogen and oxygen atoms in total. The lowest BCUT2D eigenvalue weighted by atomic mass is 10.1. The molecule has 11 heteroatoms. The number of rotatable bonds is 7. The van der Waals surface area contributed by atoms with Crippen molar-refractivity contribution in [1.29, 1.82) is 0 Å². The third kappa shape index (κ3) is 6.36. The van der Waals surface area contributed by atoms with E-state index in [-0.39, 0.29) is 18.7 Å². The van der Waals surface area contributed by atoms with E-state index < -0.39 is 0 Å². The Hall–Kier alpha value is -3.80. The van der Waals surface area contributed by atoms with Crippen LogP contribution in [0.5, 0.6) is 0 Å². The largest absolute Gasteiger partial charge is 0.396 e. The molecule has 2 aliphatic heterocycles. The van der Waals surface area contributed by atoms with E-state index in [2.05, 4.69) is 27.4 Å². The number of amides is 2. The third-order valence-corrected chi connectivity index (χ3v) is 6.54. The summed E-state index contributed by atoms with van der Waals surface area (Å²) in [5.74, 6) is 1.85. The summed E-state index contributed by atoms with van der Waals surface area (Å²) in [4.78, 5) is 31.2. The molecule has 0 unspecified atom stereocenters. The highest BCUT2D eigenvalue weighted by molar-refractivity contribution is 5.99. The Labute approximate surface area is 221 Å². The topological polar surface area (TPSA) is 125 Å². The number of carbonyl (C=O) groups excluding carboxylic acids is 1.